The summed E-state index contributed by atoms with van der Waals surface area (Å²) in [5, 5.41) is 10.5. The minimum atomic E-state index is -0.933. The highest BCUT2D eigenvalue weighted by molar-refractivity contribution is 5.87. The lowest BCUT2D eigenvalue weighted by atomic mass is 9.88. The molecule has 0 bridgehead atoms. The Balaban J connectivity index is 2.01. The van der Waals surface area contributed by atoms with Crippen LogP contribution in [0.2, 0.25) is 0 Å². The van der Waals surface area contributed by atoms with Crippen molar-refractivity contribution >= 4 is 5.97 Å². The lowest BCUT2D eigenvalue weighted by Gasteiger charge is -2.31. The summed E-state index contributed by atoms with van der Waals surface area (Å²) in [5.74, 6) is -0.570. The van der Waals surface area contributed by atoms with E-state index in [4.69, 9.17) is 14.8 Å². The van der Waals surface area contributed by atoms with E-state index in [1.807, 2.05) is 6.92 Å². The van der Waals surface area contributed by atoms with Gasteiger partial charge in [-0.25, -0.2) is 4.79 Å². The van der Waals surface area contributed by atoms with E-state index < -0.39 is 11.6 Å². The van der Waals surface area contributed by atoms with Crippen LogP contribution in [0.5, 0.6) is 0 Å². The van der Waals surface area contributed by atoms with Crippen molar-refractivity contribution < 1.29 is 14.6 Å². The normalized spacial score (nSPS) is 26.4. The molecule has 3 rings (SSSR count). The van der Waals surface area contributed by atoms with Gasteiger partial charge in [0, 0.05) is 19.1 Å². The van der Waals surface area contributed by atoms with Crippen LogP contribution in [0.1, 0.15) is 30.1 Å². The van der Waals surface area contributed by atoms with Crippen molar-refractivity contribution in [3.63, 3.8) is 0 Å². The van der Waals surface area contributed by atoms with Gasteiger partial charge in [0.05, 0.1) is 16.3 Å². The molecule has 1 aromatic rings. The van der Waals surface area contributed by atoms with E-state index in [2.05, 4.69) is 4.99 Å². The van der Waals surface area contributed by atoms with Gasteiger partial charge in [0.25, 0.3) is 0 Å². The first-order valence-corrected chi connectivity index (χ1v) is 6.49. The van der Waals surface area contributed by atoms with Gasteiger partial charge in [-0.05, 0) is 38.0 Å². The fourth-order valence-corrected chi connectivity index (χ4v) is 2.78. The first kappa shape index (κ1) is 12.3. The molecule has 0 saturated carbocycles. The fourth-order valence-electron chi connectivity index (χ4n) is 2.78. The van der Waals surface area contributed by atoms with Crippen LogP contribution in [-0.2, 0) is 4.74 Å². The van der Waals surface area contributed by atoms with Gasteiger partial charge in [-0.15, -0.1) is 0 Å². The molecule has 1 fully saturated rings. The van der Waals surface area contributed by atoms with Crippen LogP contribution in [-0.4, -0.2) is 30.0 Å². The van der Waals surface area contributed by atoms with E-state index in [0.29, 0.717) is 11.3 Å². The Kier molecular flexibility index (Phi) is 2.86. The molecule has 0 radical (unpaired) electrons. The zero-order valence-corrected chi connectivity index (χ0v) is 10.8. The number of hydrogen-bond acceptors (Lipinski definition) is 4. The fraction of sp³-hybridized carbons (Fsp3) is 0.500. The molecular weight excluding hydrogens is 244 g/mol. The highest BCUT2D eigenvalue weighted by atomic mass is 16.5. The van der Waals surface area contributed by atoms with E-state index in [1.165, 1.54) is 0 Å². The Labute approximate surface area is 110 Å². The molecule has 1 saturated heterocycles. The Hall–Kier alpha value is -1.75. The summed E-state index contributed by atoms with van der Waals surface area (Å²) in [6.07, 6.45) is 1.90. The maximum absolute atomic E-state index is 11.0. The molecular formula is C14H16N2O3. The molecule has 5 nitrogen and oxygen atoms in total. The molecule has 19 heavy (non-hydrogen) atoms. The van der Waals surface area contributed by atoms with Crippen molar-refractivity contribution in [2.45, 2.75) is 25.4 Å². The van der Waals surface area contributed by atoms with Crippen LogP contribution in [0.4, 0.5) is 0 Å². The van der Waals surface area contributed by atoms with Gasteiger partial charge in [-0.2, -0.15) is 0 Å². The third kappa shape index (κ3) is 2.14. The Morgan fingerprint density at radius 1 is 1.32 bits per heavy atom. The predicted octanol–water partition coefficient (Wildman–Crippen LogP) is 0.780. The predicted molar refractivity (Wildman–Crippen MR) is 67.7 cm³/mol. The number of fused-ring (bicyclic) bond motifs is 1. The highest BCUT2D eigenvalue weighted by Gasteiger charge is 2.36. The number of rotatable bonds is 2. The van der Waals surface area contributed by atoms with Gasteiger partial charge in [0.1, 0.15) is 0 Å². The van der Waals surface area contributed by atoms with Crippen LogP contribution < -0.4 is 10.7 Å². The SMILES string of the molecule is CC1(C2CCOCC2)N=c2ccc(C(=O)O)cc2=N1. The highest BCUT2D eigenvalue weighted by Crippen LogP contribution is 2.32. The number of carboxylic acid groups (broad SMARTS) is 1. The first-order valence-electron chi connectivity index (χ1n) is 6.49. The van der Waals surface area contributed by atoms with Gasteiger partial charge in [-0.1, -0.05) is 0 Å². The van der Waals surface area contributed by atoms with Crippen molar-refractivity contribution in [3.05, 3.63) is 34.5 Å². The minimum Gasteiger partial charge on any atom is -0.478 e. The van der Waals surface area contributed by atoms with Gasteiger partial charge in [-0.3, -0.25) is 9.98 Å². The number of carboxylic acids is 1. The largest absolute Gasteiger partial charge is 0.478 e. The van der Waals surface area contributed by atoms with E-state index in [9.17, 15) is 4.79 Å². The van der Waals surface area contributed by atoms with Gasteiger partial charge >= 0.3 is 5.97 Å². The van der Waals surface area contributed by atoms with Gasteiger partial charge in [0.15, 0.2) is 5.66 Å². The average molecular weight is 260 g/mol. The molecule has 1 aromatic carbocycles. The standard InChI is InChI=1S/C14H16N2O3/c1-14(10-4-6-19-7-5-10)15-11-3-2-9(13(17)18)8-12(11)16-14/h2-3,8,10H,4-7H2,1H3,(H,17,18). The van der Waals surface area contributed by atoms with Crippen LogP contribution in [0.25, 0.3) is 0 Å². The van der Waals surface area contributed by atoms with Crippen LogP contribution >= 0.6 is 0 Å². The third-order valence-corrected chi connectivity index (χ3v) is 3.91. The zero-order chi connectivity index (χ0) is 13.5. The molecule has 2 aliphatic heterocycles. The molecule has 1 unspecified atom stereocenters. The topological polar surface area (TPSA) is 71.2 Å². The van der Waals surface area contributed by atoms with Gasteiger partial charge < -0.3 is 9.84 Å². The number of ether oxygens (including phenoxy) is 1. The van der Waals surface area contributed by atoms with Crippen LogP contribution in [0.3, 0.4) is 0 Å². The van der Waals surface area contributed by atoms with Crippen molar-refractivity contribution in [2.75, 3.05) is 13.2 Å². The molecule has 2 aliphatic rings. The molecule has 2 heterocycles. The second-order valence-electron chi connectivity index (χ2n) is 5.21. The third-order valence-electron chi connectivity index (χ3n) is 3.91. The summed E-state index contributed by atoms with van der Waals surface area (Å²) in [7, 11) is 0. The second kappa shape index (κ2) is 4.42. The molecule has 1 N–H and O–H groups in total. The van der Waals surface area contributed by atoms with Crippen molar-refractivity contribution in [1.29, 1.82) is 0 Å². The molecule has 0 amide bonds. The van der Waals surface area contributed by atoms with E-state index in [1.54, 1.807) is 18.2 Å². The van der Waals surface area contributed by atoms with Crippen molar-refractivity contribution in [3.8, 4) is 0 Å². The van der Waals surface area contributed by atoms with Gasteiger partial charge in [0.2, 0.25) is 0 Å². The van der Waals surface area contributed by atoms with Crippen LogP contribution in [0.15, 0.2) is 28.2 Å². The maximum atomic E-state index is 11.0. The Morgan fingerprint density at radius 3 is 2.68 bits per heavy atom. The zero-order valence-electron chi connectivity index (χ0n) is 10.8. The van der Waals surface area contributed by atoms with E-state index in [0.717, 1.165) is 31.4 Å². The first-order chi connectivity index (χ1) is 9.08. The lowest BCUT2D eigenvalue weighted by Crippen LogP contribution is -2.34. The maximum Gasteiger partial charge on any atom is 0.335 e. The molecule has 100 valence electrons. The summed E-state index contributed by atoms with van der Waals surface area (Å²) < 4.78 is 5.37. The number of aromatic carboxylic acids is 1. The monoisotopic (exact) mass is 260 g/mol. The number of carbonyl (C=O) groups is 1. The molecule has 0 aromatic heterocycles. The Bertz CT molecular complexity index is 635. The average Bonchev–Trinajstić information content (AvgIpc) is 2.76. The van der Waals surface area contributed by atoms with Crippen molar-refractivity contribution in [2.24, 2.45) is 15.9 Å². The quantitative estimate of drug-likeness (QED) is 0.854. The number of benzene rings is 1. The second-order valence-corrected chi connectivity index (χ2v) is 5.21. The van der Waals surface area contributed by atoms with E-state index >= 15 is 0 Å². The van der Waals surface area contributed by atoms with Crippen molar-refractivity contribution in [1.82, 2.24) is 0 Å². The van der Waals surface area contributed by atoms with E-state index in [-0.39, 0.29) is 5.56 Å². The smallest absolute Gasteiger partial charge is 0.335 e. The summed E-state index contributed by atoms with van der Waals surface area (Å²) >= 11 is 0. The van der Waals surface area contributed by atoms with Crippen LogP contribution in [0, 0.1) is 5.92 Å². The molecule has 5 heteroatoms. The number of nitrogens with zero attached hydrogens (tertiary/aromatic N) is 2. The number of hydrogen-bond donors (Lipinski definition) is 1. The minimum absolute atomic E-state index is 0.258. The molecule has 1 atom stereocenters. The summed E-state index contributed by atoms with van der Waals surface area (Å²) in [6.45, 7) is 3.52. The summed E-state index contributed by atoms with van der Waals surface area (Å²) in [4.78, 5) is 20.3. The summed E-state index contributed by atoms with van der Waals surface area (Å²) in [6, 6.07) is 4.93. The molecule has 0 aliphatic carbocycles. The Morgan fingerprint density at radius 2 is 2.00 bits per heavy atom. The lowest BCUT2D eigenvalue weighted by molar-refractivity contribution is 0.0438. The molecule has 0 spiro atoms. The summed E-state index contributed by atoms with van der Waals surface area (Å²) in [5.41, 5.74) is -0.211.